The van der Waals surface area contributed by atoms with E-state index in [2.05, 4.69) is 14.9 Å². The molecule has 2 aromatic rings. The number of benzene rings is 1. The molecule has 6 nitrogen and oxygen atoms in total. The minimum absolute atomic E-state index is 0.0165. The van der Waals surface area contributed by atoms with E-state index in [-0.39, 0.29) is 12.1 Å². The van der Waals surface area contributed by atoms with Crippen LogP contribution in [0, 0.1) is 5.82 Å². The first-order chi connectivity index (χ1) is 10.1. The second-order valence-electron chi connectivity index (χ2n) is 3.99. The largest absolute Gasteiger partial charge is 0.478 e. The van der Waals surface area contributed by atoms with Crippen LogP contribution >= 0.6 is 11.5 Å². The summed E-state index contributed by atoms with van der Waals surface area (Å²) in [5.41, 5.74) is 0.788. The number of aliphatic carboxylic acids is 1. The highest BCUT2D eigenvalue weighted by molar-refractivity contribution is 7.07. The van der Waals surface area contributed by atoms with Gasteiger partial charge < -0.3 is 10.4 Å². The van der Waals surface area contributed by atoms with Crippen molar-refractivity contribution in [1.29, 1.82) is 0 Å². The highest BCUT2D eigenvalue weighted by atomic mass is 32.1. The molecular weight excluding hydrogens is 297 g/mol. The number of halogens is 1. The van der Waals surface area contributed by atoms with Crippen molar-refractivity contribution in [2.75, 3.05) is 0 Å². The standard InChI is InChI=1S/C13H10FN3O3S/c14-10-3-1-8(2-4-12(18)19)5-9(10)6-15-13(20)11-7-16-17-21-11/h1-5,7H,6H2,(H,15,20)(H,18,19). The zero-order chi connectivity index (χ0) is 15.2. The van der Waals surface area contributed by atoms with Crippen LogP contribution in [0.25, 0.3) is 6.08 Å². The van der Waals surface area contributed by atoms with Crippen molar-refractivity contribution in [1.82, 2.24) is 14.9 Å². The molecule has 0 spiro atoms. The Morgan fingerprint density at radius 1 is 1.43 bits per heavy atom. The summed E-state index contributed by atoms with van der Waals surface area (Å²) in [4.78, 5) is 22.5. The fourth-order valence-electron chi connectivity index (χ4n) is 1.53. The predicted octanol–water partition coefficient (Wildman–Crippen LogP) is 1.71. The minimum Gasteiger partial charge on any atom is -0.478 e. The number of nitrogens with one attached hydrogen (secondary N) is 1. The van der Waals surface area contributed by atoms with Crippen LogP contribution in [0.5, 0.6) is 0 Å². The van der Waals surface area contributed by atoms with Crippen molar-refractivity contribution in [2.24, 2.45) is 0 Å². The quantitative estimate of drug-likeness (QED) is 0.820. The molecule has 0 saturated carbocycles. The molecule has 0 aliphatic heterocycles. The summed E-state index contributed by atoms with van der Waals surface area (Å²) < 4.78 is 17.2. The summed E-state index contributed by atoms with van der Waals surface area (Å²) in [6.07, 6.45) is 3.63. The number of hydrogen-bond acceptors (Lipinski definition) is 5. The number of hydrogen-bond donors (Lipinski definition) is 2. The molecule has 1 aromatic heterocycles. The van der Waals surface area contributed by atoms with Crippen molar-refractivity contribution in [3.63, 3.8) is 0 Å². The number of carboxylic acids is 1. The SMILES string of the molecule is O=C(O)C=Cc1ccc(F)c(CNC(=O)c2cnns2)c1. The van der Waals surface area contributed by atoms with E-state index in [1.54, 1.807) is 0 Å². The zero-order valence-corrected chi connectivity index (χ0v) is 11.4. The molecule has 2 N–H and O–H groups in total. The van der Waals surface area contributed by atoms with Crippen LogP contribution in [0.2, 0.25) is 0 Å². The molecule has 8 heteroatoms. The van der Waals surface area contributed by atoms with Crippen molar-refractivity contribution in [3.05, 3.63) is 52.3 Å². The topological polar surface area (TPSA) is 92.2 Å². The summed E-state index contributed by atoms with van der Waals surface area (Å²) in [5, 5.41) is 14.6. The van der Waals surface area contributed by atoms with Gasteiger partial charge >= 0.3 is 5.97 Å². The Morgan fingerprint density at radius 3 is 2.90 bits per heavy atom. The molecule has 0 radical (unpaired) electrons. The fourth-order valence-corrected chi connectivity index (χ4v) is 1.96. The van der Waals surface area contributed by atoms with Gasteiger partial charge in [-0.25, -0.2) is 9.18 Å². The van der Waals surface area contributed by atoms with Gasteiger partial charge in [0, 0.05) is 18.2 Å². The normalized spacial score (nSPS) is 10.7. The van der Waals surface area contributed by atoms with Crippen molar-refractivity contribution in [3.8, 4) is 0 Å². The summed E-state index contributed by atoms with van der Waals surface area (Å²) in [5.74, 6) is -1.96. The van der Waals surface area contributed by atoms with Gasteiger partial charge in [0.05, 0.1) is 6.20 Å². The highest BCUT2D eigenvalue weighted by Gasteiger charge is 2.09. The van der Waals surface area contributed by atoms with E-state index in [9.17, 15) is 14.0 Å². The van der Waals surface area contributed by atoms with Crippen LogP contribution in [0.3, 0.4) is 0 Å². The number of rotatable bonds is 5. The number of carbonyl (C=O) groups is 2. The van der Waals surface area contributed by atoms with Gasteiger partial charge in [0.15, 0.2) is 0 Å². The minimum atomic E-state index is -1.09. The number of carboxylic acid groups (broad SMARTS) is 1. The van der Waals surface area contributed by atoms with Gasteiger partial charge in [-0.3, -0.25) is 4.79 Å². The molecule has 0 fully saturated rings. The molecule has 0 atom stereocenters. The Kier molecular flexibility index (Phi) is 4.72. The monoisotopic (exact) mass is 307 g/mol. The van der Waals surface area contributed by atoms with Gasteiger partial charge in [0.1, 0.15) is 10.7 Å². The van der Waals surface area contributed by atoms with Gasteiger partial charge in [0.2, 0.25) is 0 Å². The third kappa shape index (κ3) is 4.18. The Morgan fingerprint density at radius 2 is 2.24 bits per heavy atom. The Hall–Kier alpha value is -2.61. The van der Waals surface area contributed by atoms with Gasteiger partial charge in [-0.2, -0.15) is 0 Å². The Labute approximate surface area is 123 Å². The van der Waals surface area contributed by atoms with Crippen LogP contribution < -0.4 is 5.32 Å². The van der Waals surface area contributed by atoms with Crippen LogP contribution in [0.15, 0.2) is 30.5 Å². The van der Waals surface area contributed by atoms with E-state index in [4.69, 9.17) is 5.11 Å². The van der Waals surface area contributed by atoms with Gasteiger partial charge in [-0.15, -0.1) is 5.10 Å². The van der Waals surface area contributed by atoms with Gasteiger partial charge in [0.25, 0.3) is 5.91 Å². The van der Waals surface area contributed by atoms with E-state index in [0.29, 0.717) is 10.4 Å². The third-order valence-electron chi connectivity index (χ3n) is 2.51. The van der Waals surface area contributed by atoms with E-state index in [1.807, 2.05) is 0 Å². The van der Waals surface area contributed by atoms with Crippen LogP contribution in [0.1, 0.15) is 20.8 Å². The maximum Gasteiger partial charge on any atom is 0.328 e. The molecule has 1 amide bonds. The van der Waals surface area contributed by atoms with Crippen LogP contribution in [0.4, 0.5) is 4.39 Å². The number of aromatic nitrogens is 2. The first-order valence-electron chi connectivity index (χ1n) is 5.81. The number of nitrogens with zero attached hydrogens (tertiary/aromatic N) is 2. The van der Waals surface area contributed by atoms with Crippen LogP contribution in [-0.2, 0) is 11.3 Å². The van der Waals surface area contributed by atoms with E-state index in [1.165, 1.54) is 30.5 Å². The highest BCUT2D eigenvalue weighted by Crippen LogP contribution is 2.12. The average Bonchev–Trinajstić information content (AvgIpc) is 2.98. The molecule has 0 bridgehead atoms. The number of amides is 1. The smallest absolute Gasteiger partial charge is 0.328 e. The molecule has 21 heavy (non-hydrogen) atoms. The first-order valence-corrected chi connectivity index (χ1v) is 6.58. The van der Waals surface area contributed by atoms with Crippen LogP contribution in [-0.4, -0.2) is 26.6 Å². The first kappa shape index (κ1) is 14.8. The van der Waals surface area contributed by atoms with Crippen molar-refractivity contribution < 1.29 is 19.1 Å². The molecule has 0 unspecified atom stereocenters. The van der Waals surface area contributed by atoms with E-state index in [0.717, 1.165) is 17.6 Å². The summed E-state index contributed by atoms with van der Waals surface area (Å²) in [7, 11) is 0. The van der Waals surface area contributed by atoms with Crippen molar-refractivity contribution in [2.45, 2.75) is 6.54 Å². The lowest BCUT2D eigenvalue weighted by Gasteiger charge is -2.06. The summed E-state index contributed by atoms with van der Waals surface area (Å²) >= 11 is 0.942. The summed E-state index contributed by atoms with van der Waals surface area (Å²) in [6, 6.07) is 4.14. The molecule has 108 valence electrons. The lowest BCUT2D eigenvalue weighted by Crippen LogP contribution is -2.22. The molecule has 1 heterocycles. The van der Waals surface area contributed by atoms with Gasteiger partial charge in [-0.05, 0) is 35.3 Å². The lowest BCUT2D eigenvalue weighted by atomic mass is 10.1. The second kappa shape index (κ2) is 6.71. The maximum atomic E-state index is 13.6. The Bertz CT molecular complexity index is 686. The molecule has 0 aliphatic carbocycles. The zero-order valence-electron chi connectivity index (χ0n) is 10.6. The summed E-state index contributed by atoms with van der Waals surface area (Å²) in [6.45, 7) is -0.0165. The second-order valence-corrected chi connectivity index (χ2v) is 4.77. The average molecular weight is 307 g/mol. The van der Waals surface area contributed by atoms with Crippen molar-refractivity contribution >= 4 is 29.5 Å². The Balaban J connectivity index is 2.07. The fraction of sp³-hybridized carbons (Fsp3) is 0.0769. The molecule has 0 saturated heterocycles. The lowest BCUT2D eigenvalue weighted by molar-refractivity contribution is -0.131. The molecule has 2 rings (SSSR count). The maximum absolute atomic E-state index is 13.6. The van der Waals surface area contributed by atoms with E-state index >= 15 is 0 Å². The predicted molar refractivity (Wildman–Crippen MR) is 74.1 cm³/mol. The van der Waals surface area contributed by atoms with Gasteiger partial charge in [-0.1, -0.05) is 10.6 Å². The molecule has 0 aliphatic rings. The molecule has 1 aromatic carbocycles. The third-order valence-corrected chi connectivity index (χ3v) is 3.18. The van der Waals surface area contributed by atoms with E-state index < -0.39 is 17.7 Å². The molecular formula is C13H10FN3O3S. The number of carbonyl (C=O) groups excluding carboxylic acids is 1.